The first-order chi connectivity index (χ1) is 15.5. The van der Waals surface area contributed by atoms with Crippen molar-refractivity contribution in [3.8, 4) is 0 Å². The number of aryl methyl sites for hydroxylation is 1. The van der Waals surface area contributed by atoms with Gasteiger partial charge in [-0.15, -0.1) is 0 Å². The van der Waals surface area contributed by atoms with Crippen LogP contribution in [-0.2, 0) is 6.54 Å². The van der Waals surface area contributed by atoms with Gasteiger partial charge in [-0.05, 0) is 42.3 Å². The summed E-state index contributed by atoms with van der Waals surface area (Å²) in [5.41, 5.74) is 3.14. The molecule has 0 spiro atoms. The molecule has 0 fully saturated rings. The Bertz CT molecular complexity index is 1270. The highest BCUT2D eigenvalue weighted by atomic mass is 19.1. The van der Waals surface area contributed by atoms with Crippen LogP contribution in [0.1, 0.15) is 31.8 Å². The monoisotopic (exact) mass is 428 g/mol. The summed E-state index contributed by atoms with van der Waals surface area (Å²) in [6.45, 7) is 2.39. The van der Waals surface area contributed by atoms with Crippen LogP contribution < -0.4 is 10.6 Å². The lowest BCUT2D eigenvalue weighted by Crippen LogP contribution is -2.16. The van der Waals surface area contributed by atoms with Crippen molar-refractivity contribution in [2.45, 2.75) is 13.5 Å². The van der Waals surface area contributed by atoms with Crippen molar-refractivity contribution in [1.29, 1.82) is 0 Å². The van der Waals surface area contributed by atoms with E-state index in [0.29, 0.717) is 23.5 Å². The summed E-state index contributed by atoms with van der Waals surface area (Å²) < 4.78 is 15.6. The molecule has 32 heavy (non-hydrogen) atoms. The molecule has 0 aliphatic heterocycles. The largest absolute Gasteiger partial charge is 0.322 e. The van der Waals surface area contributed by atoms with E-state index in [-0.39, 0.29) is 11.5 Å². The molecule has 160 valence electrons. The molecule has 0 aliphatic carbocycles. The Labute approximate surface area is 184 Å². The molecule has 0 atom stereocenters. The number of halogens is 1. The number of carbonyl (C=O) groups excluding carboxylic acids is 2. The van der Waals surface area contributed by atoms with Gasteiger partial charge in [0, 0.05) is 17.4 Å². The van der Waals surface area contributed by atoms with E-state index in [0.717, 1.165) is 11.1 Å². The lowest BCUT2D eigenvalue weighted by atomic mass is 10.1. The fraction of sp³-hybridized carbons (Fsp3) is 0.0800. The summed E-state index contributed by atoms with van der Waals surface area (Å²) in [5.74, 6) is -1.53. The van der Waals surface area contributed by atoms with Crippen LogP contribution in [0.25, 0.3) is 0 Å². The van der Waals surface area contributed by atoms with Gasteiger partial charge in [-0.3, -0.25) is 14.3 Å². The van der Waals surface area contributed by atoms with Crippen LogP contribution >= 0.6 is 0 Å². The molecule has 2 amide bonds. The molecular weight excluding hydrogens is 407 g/mol. The van der Waals surface area contributed by atoms with Gasteiger partial charge in [0.05, 0.1) is 24.0 Å². The van der Waals surface area contributed by atoms with Gasteiger partial charge in [-0.1, -0.05) is 48.5 Å². The van der Waals surface area contributed by atoms with Crippen LogP contribution in [0.5, 0.6) is 0 Å². The Morgan fingerprint density at radius 1 is 0.938 bits per heavy atom. The van der Waals surface area contributed by atoms with Gasteiger partial charge < -0.3 is 10.6 Å². The molecule has 6 nitrogen and oxygen atoms in total. The highest BCUT2D eigenvalue weighted by Gasteiger charge is 2.14. The van der Waals surface area contributed by atoms with Crippen molar-refractivity contribution in [2.24, 2.45) is 0 Å². The van der Waals surface area contributed by atoms with Crippen molar-refractivity contribution >= 4 is 23.2 Å². The van der Waals surface area contributed by atoms with Crippen molar-refractivity contribution in [1.82, 2.24) is 9.78 Å². The number of anilines is 2. The molecule has 4 aromatic rings. The van der Waals surface area contributed by atoms with E-state index in [1.54, 1.807) is 48.3 Å². The number of nitrogens with zero attached hydrogens (tertiary/aromatic N) is 2. The number of hydrogen-bond donors (Lipinski definition) is 2. The average Bonchev–Trinajstić information content (AvgIpc) is 3.22. The molecular formula is C25H21FN4O2. The Morgan fingerprint density at radius 3 is 2.47 bits per heavy atom. The highest BCUT2D eigenvalue weighted by molar-refractivity contribution is 6.07. The first kappa shape index (κ1) is 21.0. The van der Waals surface area contributed by atoms with E-state index < -0.39 is 11.7 Å². The van der Waals surface area contributed by atoms with Gasteiger partial charge in [0.25, 0.3) is 11.8 Å². The normalized spacial score (nSPS) is 10.6. The molecule has 0 unspecified atom stereocenters. The summed E-state index contributed by atoms with van der Waals surface area (Å²) in [6, 6.07) is 20.6. The minimum absolute atomic E-state index is 0.0624. The molecule has 0 saturated carbocycles. The van der Waals surface area contributed by atoms with Gasteiger partial charge in [-0.2, -0.15) is 5.10 Å². The molecule has 7 heteroatoms. The van der Waals surface area contributed by atoms with Crippen LogP contribution in [-0.4, -0.2) is 21.6 Å². The molecule has 0 radical (unpaired) electrons. The van der Waals surface area contributed by atoms with E-state index in [4.69, 9.17) is 0 Å². The summed E-state index contributed by atoms with van der Waals surface area (Å²) >= 11 is 0. The summed E-state index contributed by atoms with van der Waals surface area (Å²) in [5, 5.41) is 9.77. The van der Waals surface area contributed by atoms with E-state index in [1.165, 1.54) is 18.2 Å². The molecule has 1 aromatic heterocycles. The molecule has 3 aromatic carbocycles. The third-order valence-corrected chi connectivity index (χ3v) is 4.94. The fourth-order valence-corrected chi connectivity index (χ4v) is 3.22. The Balaban J connectivity index is 1.45. The van der Waals surface area contributed by atoms with Crippen LogP contribution in [0.15, 0.2) is 85.2 Å². The predicted molar refractivity (Wildman–Crippen MR) is 121 cm³/mol. The van der Waals surface area contributed by atoms with Crippen LogP contribution in [0.2, 0.25) is 0 Å². The molecule has 4 rings (SSSR count). The lowest BCUT2D eigenvalue weighted by molar-refractivity contribution is 0.101. The predicted octanol–water partition coefficient (Wildman–Crippen LogP) is 4.88. The zero-order valence-corrected chi connectivity index (χ0v) is 17.4. The number of hydrogen-bond acceptors (Lipinski definition) is 3. The van der Waals surface area contributed by atoms with Crippen molar-refractivity contribution in [3.63, 3.8) is 0 Å². The van der Waals surface area contributed by atoms with E-state index in [1.807, 2.05) is 30.3 Å². The molecule has 0 aliphatic rings. The van der Waals surface area contributed by atoms with Crippen LogP contribution in [0.3, 0.4) is 0 Å². The minimum atomic E-state index is -0.607. The molecule has 0 saturated heterocycles. The van der Waals surface area contributed by atoms with Crippen molar-refractivity contribution in [2.75, 3.05) is 10.6 Å². The maximum atomic E-state index is 13.9. The second kappa shape index (κ2) is 9.26. The molecule has 1 heterocycles. The van der Waals surface area contributed by atoms with Gasteiger partial charge in [0.15, 0.2) is 0 Å². The second-order valence-electron chi connectivity index (χ2n) is 7.33. The minimum Gasteiger partial charge on any atom is -0.322 e. The average molecular weight is 428 g/mol. The number of benzene rings is 3. The number of rotatable bonds is 6. The summed E-state index contributed by atoms with van der Waals surface area (Å²) in [7, 11) is 0. The number of carbonyl (C=O) groups is 2. The highest BCUT2D eigenvalue weighted by Crippen LogP contribution is 2.20. The molecule has 0 bridgehead atoms. The third-order valence-electron chi connectivity index (χ3n) is 4.94. The first-order valence-corrected chi connectivity index (χ1v) is 10.0. The van der Waals surface area contributed by atoms with Gasteiger partial charge >= 0.3 is 0 Å². The summed E-state index contributed by atoms with van der Waals surface area (Å²) in [4.78, 5) is 25.2. The zero-order chi connectivity index (χ0) is 22.5. The van der Waals surface area contributed by atoms with Crippen LogP contribution in [0, 0.1) is 12.7 Å². The van der Waals surface area contributed by atoms with E-state index >= 15 is 0 Å². The van der Waals surface area contributed by atoms with Gasteiger partial charge in [0.1, 0.15) is 5.82 Å². The SMILES string of the molecule is Cc1ccc(C(=O)Nc2cnn(Cc3ccccc3)c2)cc1NC(=O)c1ccccc1F. The van der Waals surface area contributed by atoms with E-state index in [2.05, 4.69) is 15.7 Å². The maximum Gasteiger partial charge on any atom is 0.258 e. The standard InChI is InChI=1S/C25H21FN4O2/c1-17-11-12-19(13-23(17)29-25(32)21-9-5-6-10-22(21)26)24(31)28-20-14-27-30(16-20)15-18-7-3-2-4-8-18/h2-14,16H,15H2,1H3,(H,28,31)(H,29,32). The number of amides is 2. The topological polar surface area (TPSA) is 76.0 Å². The maximum absolute atomic E-state index is 13.9. The number of nitrogens with one attached hydrogen (secondary N) is 2. The lowest BCUT2D eigenvalue weighted by Gasteiger charge is -2.11. The smallest absolute Gasteiger partial charge is 0.258 e. The second-order valence-corrected chi connectivity index (χ2v) is 7.33. The van der Waals surface area contributed by atoms with Gasteiger partial charge in [-0.25, -0.2) is 4.39 Å². The fourth-order valence-electron chi connectivity index (χ4n) is 3.22. The van der Waals surface area contributed by atoms with Crippen molar-refractivity contribution < 1.29 is 14.0 Å². The quantitative estimate of drug-likeness (QED) is 0.459. The summed E-state index contributed by atoms with van der Waals surface area (Å²) in [6.07, 6.45) is 3.33. The Kier molecular flexibility index (Phi) is 6.07. The van der Waals surface area contributed by atoms with E-state index in [9.17, 15) is 14.0 Å². The Hall–Kier alpha value is -4.26. The van der Waals surface area contributed by atoms with Crippen molar-refractivity contribution in [3.05, 3.63) is 113 Å². The Morgan fingerprint density at radius 2 is 1.69 bits per heavy atom. The molecule has 2 N–H and O–H groups in total. The van der Waals surface area contributed by atoms with Crippen LogP contribution in [0.4, 0.5) is 15.8 Å². The zero-order valence-electron chi connectivity index (χ0n) is 17.4. The third kappa shape index (κ3) is 4.89. The first-order valence-electron chi connectivity index (χ1n) is 10.0. The van der Waals surface area contributed by atoms with Gasteiger partial charge in [0.2, 0.25) is 0 Å². The number of aromatic nitrogens is 2.